The fourth-order valence-corrected chi connectivity index (χ4v) is 1.69. The number of rotatable bonds is 2. The molecule has 0 unspecified atom stereocenters. The maximum Gasteiger partial charge on any atom is 0.330 e. The highest BCUT2D eigenvalue weighted by molar-refractivity contribution is 5.81. The molecule has 0 spiro atoms. The molecule has 0 N–H and O–H groups in total. The number of hydrogen-bond acceptors (Lipinski definition) is 2. The first-order valence-corrected chi connectivity index (χ1v) is 4.52. The normalized spacial score (nSPS) is 21.4. The third-order valence-corrected chi connectivity index (χ3v) is 2.42. The maximum absolute atomic E-state index is 10.9. The third kappa shape index (κ3) is 2.36. The van der Waals surface area contributed by atoms with Gasteiger partial charge in [-0.1, -0.05) is 13.0 Å². The van der Waals surface area contributed by atoms with E-state index >= 15 is 0 Å². The van der Waals surface area contributed by atoms with Crippen molar-refractivity contribution in [3.63, 3.8) is 0 Å². The molecule has 0 aliphatic heterocycles. The van der Waals surface area contributed by atoms with E-state index < -0.39 is 0 Å². The summed E-state index contributed by atoms with van der Waals surface area (Å²) < 4.78 is 5.27. The van der Waals surface area contributed by atoms with Crippen molar-refractivity contribution in [3.8, 4) is 0 Å². The van der Waals surface area contributed by atoms with Gasteiger partial charge in [0.15, 0.2) is 0 Å². The molecule has 1 saturated carbocycles. The van der Waals surface area contributed by atoms with Gasteiger partial charge in [-0.2, -0.15) is 0 Å². The average molecular weight is 168 g/mol. The second kappa shape index (κ2) is 3.74. The summed E-state index contributed by atoms with van der Waals surface area (Å²) in [5.41, 5.74) is -0.219. The highest BCUT2D eigenvalue weighted by Crippen LogP contribution is 2.30. The molecule has 1 fully saturated rings. The molecule has 0 aromatic heterocycles. The van der Waals surface area contributed by atoms with Gasteiger partial charge in [0, 0.05) is 6.08 Å². The minimum atomic E-state index is -0.292. The Morgan fingerprint density at radius 1 is 1.42 bits per heavy atom. The van der Waals surface area contributed by atoms with Crippen LogP contribution in [0.2, 0.25) is 0 Å². The summed E-state index contributed by atoms with van der Waals surface area (Å²) in [5.74, 6) is -0.292. The molecule has 68 valence electrons. The molecule has 2 nitrogen and oxygen atoms in total. The maximum atomic E-state index is 10.9. The zero-order valence-electron chi connectivity index (χ0n) is 7.64. The van der Waals surface area contributed by atoms with E-state index in [-0.39, 0.29) is 11.6 Å². The lowest BCUT2D eigenvalue weighted by Gasteiger charge is -2.32. The SMILES string of the molecule is C=CC(=O)OC1(C)CCCCC1. The molecule has 0 atom stereocenters. The minimum absolute atomic E-state index is 0.219. The molecule has 2 heteroatoms. The summed E-state index contributed by atoms with van der Waals surface area (Å²) >= 11 is 0. The van der Waals surface area contributed by atoms with Crippen molar-refractivity contribution in [2.75, 3.05) is 0 Å². The van der Waals surface area contributed by atoms with E-state index in [4.69, 9.17) is 4.74 Å². The van der Waals surface area contributed by atoms with E-state index in [2.05, 4.69) is 6.58 Å². The van der Waals surface area contributed by atoms with Crippen molar-refractivity contribution in [3.05, 3.63) is 12.7 Å². The van der Waals surface area contributed by atoms with Gasteiger partial charge in [0.05, 0.1) is 0 Å². The largest absolute Gasteiger partial charge is 0.456 e. The van der Waals surface area contributed by atoms with Crippen molar-refractivity contribution in [1.82, 2.24) is 0 Å². The Kier molecular flexibility index (Phi) is 2.90. The van der Waals surface area contributed by atoms with Crippen molar-refractivity contribution in [2.45, 2.75) is 44.6 Å². The molecular weight excluding hydrogens is 152 g/mol. The van der Waals surface area contributed by atoms with E-state index in [0.29, 0.717) is 0 Å². The molecule has 0 aromatic carbocycles. The van der Waals surface area contributed by atoms with Crippen LogP contribution in [0.15, 0.2) is 12.7 Å². The molecule has 1 aliphatic carbocycles. The number of carbonyl (C=O) groups excluding carboxylic acids is 1. The molecule has 12 heavy (non-hydrogen) atoms. The second-order valence-corrected chi connectivity index (χ2v) is 3.64. The summed E-state index contributed by atoms with van der Waals surface area (Å²) in [7, 11) is 0. The Hall–Kier alpha value is -0.790. The average Bonchev–Trinajstić information content (AvgIpc) is 2.05. The smallest absolute Gasteiger partial charge is 0.330 e. The van der Waals surface area contributed by atoms with Crippen LogP contribution < -0.4 is 0 Å². The first-order chi connectivity index (χ1) is 5.66. The van der Waals surface area contributed by atoms with E-state index in [1.807, 2.05) is 6.92 Å². The Balaban J connectivity index is 2.46. The molecule has 0 bridgehead atoms. The fraction of sp³-hybridized carbons (Fsp3) is 0.700. The van der Waals surface area contributed by atoms with Gasteiger partial charge >= 0.3 is 5.97 Å². The lowest BCUT2D eigenvalue weighted by Crippen LogP contribution is -2.33. The summed E-state index contributed by atoms with van der Waals surface area (Å²) in [4.78, 5) is 10.9. The summed E-state index contributed by atoms with van der Waals surface area (Å²) in [6, 6.07) is 0. The Morgan fingerprint density at radius 3 is 2.50 bits per heavy atom. The quantitative estimate of drug-likeness (QED) is 0.467. The van der Waals surface area contributed by atoms with Gasteiger partial charge in [-0.05, 0) is 32.6 Å². The van der Waals surface area contributed by atoms with Crippen LogP contribution in [0.1, 0.15) is 39.0 Å². The van der Waals surface area contributed by atoms with E-state index in [0.717, 1.165) is 12.8 Å². The van der Waals surface area contributed by atoms with Crippen molar-refractivity contribution in [1.29, 1.82) is 0 Å². The Labute approximate surface area is 73.6 Å². The first kappa shape index (κ1) is 9.30. The second-order valence-electron chi connectivity index (χ2n) is 3.64. The van der Waals surface area contributed by atoms with Crippen molar-refractivity contribution >= 4 is 5.97 Å². The van der Waals surface area contributed by atoms with E-state index in [9.17, 15) is 4.79 Å². The van der Waals surface area contributed by atoms with Crippen LogP contribution in [-0.4, -0.2) is 11.6 Å². The standard InChI is InChI=1S/C10H16O2/c1-3-9(11)12-10(2)7-5-4-6-8-10/h3H,1,4-8H2,2H3. The topological polar surface area (TPSA) is 26.3 Å². The number of ether oxygens (including phenoxy) is 1. The highest BCUT2D eigenvalue weighted by atomic mass is 16.6. The van der Waals surface area contributed by atoms with Crippen LogP contribution in [0.25, 0.3) is 0 Å². The molecule has 0 amide bonds. The van der Waals surface area contributed by atoms with Crippen LogP contribution >= 0.6 is 0 Å². The monoisotopic (exact) mass is 168 g/mol. The highest BCUT2D eigenvalue weighted by Gasteiger charge is 2.29. The van der Waals surface area contributed by atoms with Crippen LogP contribution in [0.4, 0.5) is 0 Å². The fourth-order valence-electron chi connectivity index (χ4n) is 1.69. The molecule has 1 aliphatic rings. The van der Waals surface area contributed by atoms with Gasteiger partial charge in [-0.3, -0.25) is 0 Å². The third-order valence-electron chi connectivity index (χ3n) is 2.42. The number of hydrogen-bond donors (Lipinski definition) is 0. The van der Waals surface area contributed by atoms with Gasteiger partial charge in [-0.15, -0.1) is 0 Å². The van der Waals surface area contributed by atoms with E-state index in [1.54, 1.807) is 0 Å². The predicted molar refractivity (Wildman–Crippen MR) is 47.8 cm³/mol. The summed E-state index contributed by atoms with van der Waals surface area (Å²) in [5, 5.41) is 0. The van der Waals surface area contributed by atoms with Crippen LogP contribution in [0.5, 0.6) is 0 Å². The summed E-state index contributed by atoms with van der Waals surface area (Å²) in [6.45, 7) is 5.39. The van der Waals surface area contributed by atoms with Gasteiger partial charge < -0.3 is 4.74 Å². The molecule has 0 radical (unpaired) electrons. The van der Waals surface area contributed by atoms with Crippen LogP contribution in [-0.2, 0) is 9.53 Å². The molecule has 0 aromatic rings. The Bertz CT molecular complexity index is 178. The van der Waals surface area contributed by atoms with Gasteiger partial charge in [0.2, 0.25) is 0 Å². The lowest BCUT2D eigenvalue weighted by atomic mass is 9.86. The number of esters is 1. The van der Waals surface area contributed by atoms with Gasteiger partial charge in [0.25, 0.3) is 0 Å². The van der Waals surface area contributed by atoms with Crippen molar-refractivity contribution < 1.29 is 9.53 Å². The van der Waals surface area contributed by atoms with E-state index in [1.165, 1.54) is 25.3 Å². The predicted octanol–water partition coefficient (Wildman–Crippen LogP) is 2.44. The lowest BCUT2D eigenvalue weighted by molar-refractivity contribution is -0.154. The zero-order chi connectivity index (χ0) is 9.03. The molecule has 0 saturated heterocycles. The molecule has 0 heterocycles. The Morgan fingerprint density at radius 2 is 2.00 bits per heavy atom. The van der Waals surface area contributed by atoms with Crippen LogP contribution in [0, 0.1) is 0 Å². The van der Waals surface area contributed by atoms with Gasteiger partial charge in [-0.25, -0.2) is 4.79 Å². The zero-order valence-corrected chi connectivity index (χ0v) is 7.64. The first-order valence-electron chi connectivity index (χ1n) is 4.52. The summed E-state index contributed by atoms with van der Waals surface area (Å²) in [6.07, 6.45) is 6.82. The molecule has 1 rings (SSSR count). The van der Waals surface area contributed by atoms with Crippen LogP contribution in [0.3, 0.4) is 0 Å². The van der Waals surface area contributed by atoms with Crippen molar-refractivity contribution in [2.24, 2.45) is 0 Å². The van der Waals surface area contributed by atoms with Gasteiger partial charge in [0.1, 0.15) is 5.60 Å². The minimum Gasteiger partial charge on any atom is -0.456 e. The number of carbonyl (C=O) groups is 1. The molecular formula is C10H16O2.